The van der Waals surface area contributed by atoms with Gasteiger partial charge in [-0.05, 0) is 30.3 Å². The lowest BCUT2D eigenvalue weighted by atomic mass is 10.1. The molecule has 0 fully saturated rings. The van der Waals surface area contributed by atoms with Crippen LogP contribution in [0.4, 0.5) is 0 Å². The van der Waals surface area contributed by atoms with E-state index in [0.717, 1.165) is 11.3 Å². The topological polar surface area (TPSA) is 86.9 Å². The van der Waals surface area contributed by atoms with Gasteiger partial charge in [0.25, 0.3) is 0 Å². The first kappa shape index (κ1) is 14.3. The maximum atomic E-state index is 12.2. The summed E-state index contributed by atoms with van der Waals surface area (Å²) in [6, 6.07) is 16.5. The lowest BCUT2D eigenvalue weighted by Gasteiger charge is -2.02. The number of fused-ring (bicyclic) bond motifs is 1. The molecule has 0 aliphatic heterocycles. The highest BCUT2D eigenvalue weighted by Gasteiger charge is 2.09. The normalized spacial score (nSPS) is 11.0. The first-order chi connectivity index (χ1) is 11.7. The quantitative estimate of drug-likeness (QED) is 0.627. The molecule has 0 unspecified atom stereocenters. The van der Waals surface area contributed by atoms with E-state index in [-0.39, 0.29) is 12.0 Å². The number of para-hydroxylation sites is 1. The average Bonchev–Trinajstić information content (AvgIpc) is 3.12. The molecule has 6 heteroatoms. The van der Waals surface area contributed by atoms with Gasteiger partial charge in [-0.1, -0.05) is 23.4 Å². The van der Waals surface area contributed by atoms with Crippen LogP contribution in [0.5, 0.6) is 0 Å². The lowest BCUT2D eigenvalue weighted by molar-refractivity contribution is 0.539. The van der Waals surface area contributed by atoms with Crippen molar-refractivity contribution in [2.24, 2.45) is 5.73 Å². The number of hydrogen-bond acceptors (Lipinski definition) is 5. The SMILES string of the molecule is NCc1cc(=O)c2cc(-c3cn(-c4ccccc4)nn3)ccc2o1. The number of nitrogens with zero attached hydrogens (tertiary/aromatic N) is 3. The molecular formula is C18H14N4O2. The van der Waals surface area contributed by atoms with Crippen molar-refractivity contribution >= 4 is 11.0 Å². The molecule has 0 spiro atoms. The second kappa shape index (κ2) is 5.75. The van der Waals surface area contributed by atoms with Crippen LogP contribution >= 0.6 is 0 Å². The third kappa shape index (κ3) is 2.49. The fraction of sp³-hybridized carbons (Fsp3) is 0.0556. The lowest BCUT2D eigenvalue weighted by Crippen LogP contribution is -2.05. The molecule has 0 bridgehead atoms. The third-order valence-electron chi connectivity index (χ3n) is 3.79. The molecule has 0 amide bonds. The maximum Gasteiger partial charge on any atom is 0.193 e. The van der Waals surface area contributed by atoms with Gasteiger partial charge >= 0.3 is 0 Å². The van der Waals surface area contributed by atoms with Crippen molar-refractivity contribution in [2.45, 2.75) is 6.54 Å². The Morgan fingerprint density at radius 2 is 1.92 bits per heavy atom. The van der Waals surface area contributed by atoms with Gasteiger partial charge in [0.15, 0.2) is 5.43 Å². The van der Waals surface area contributed by atoms with E-state index in [1.165, 1.54) is 6.07 Å². The summed E-state index contributed by atoms with van der Waals surface area (Å²) in [5.41, 5.74) is 8.34. The van der Waals surface area contributed by atoms with E-state index in [1.54, 1.807) is 16.8 Å². The van der Waals surface area contributed by atoms with E-state index >= 15 is 0 Å². The Hall–Kier alpha value is -3.25. The standard InChI is InChI=1S/C18H14N4O2/c19-10-14-9-17(23)15-8-12(6-7-18(15)24-14)16-11-22(21-20-16)13-4-2-1-3-5-13/h1-9,11H,10,19H2. The second-order valence-electron chi connectivity index (χ2n) is 5.38. The molecule has 0 atom stereocenters. The van der Waals surface area contributed by atoms with Gasteiger partial charge in [0.05, 0.1) is 23.8 Å². The number of hydrogen-bond donors (Lipinski definition) is 1. The molecule has 2 heterocycles. The van der Waals surface area contributed by atoms with E-state index in [2.05, 4.69) is 10.3 Å². The van der Waals surface area contributed by atoms with Crippen LogP contribution < -0.4 is 11.2 Å². The Labute approximate surface area is 137 Å². The summed E-state index contributed by atoms with van der Waals surface area (Å²) in [4.78, 5) is 12.2. The molecule has 2 N–H and O–H groups in total. The predicted molar refractivity (Wildman–Crippen MR) is 90.7 cm³/mol. The summed E-state index contributed by atoms with van der Waals surface area (Å²) >= 11 is 0. The Balaban J connectivity index is 1.79. The minimum Gasteiger partial charge on any atom is -0.459 e. The van der Waals surface area contributed by atoms with Crippen LogP contribution in [0, 0.1) is 0 Å². The Morgan fingerprint density at radius 1 is 1.08 bits per heavy atom. The zero-order chi connectivity index (χ0) is 16.5. The van der Waals surface area contributed by atoms with E-state index in [9.17, 15) is 4.79 Å². The molecule has 0 saturated heterocycles. The average molecular weight is 318 g/mol. The molecule has 118 valence electrons. The number of rotatable bonds is 3. The van der Waals surface area contributed by atoms with Crippen LogP contribution in [0.25, 0.3) is 27.9 Å². The van der Waals surface area contributed by atoms with Gasteiger partial charge in [0.1, 0.15) is 17.0 Å². The molecule has 4 rings (SSSR count). The van der Waals surface area contributed by atoms with Gasteiger partial charge < -0.3 is 10.2 Å². The molecule has 4 aromatic rings. The first-order valence-electron chi connectivity index (χ1n) is 7.49. The third-order valence-corrected chi connectivity index (χ3v) is 3.79. The summed E-state index contributed by atoms with van der Waals surface area (Å²) in [6.45, 7) is 0.193. The highest BCUT2D eigenvalue weighted by atomic mass is 16.3. The van der Waals surface area contributed by atoms with Crippen molar-refractivity contribution in [3.63, 3.8) is 0 Å². The predicted octanol–water partition coefficient (Wildman–Crippen LogP) is 2.50. The number of benzene rings is 2. The summed E-state index contributed by atoms with van der Waals surface area (Å²) < 4.78 is 7.28. The van der Waals surface area contributed by atoms with Gasteiger partial charge in [-0.2, -0.15) is 0 Å². The van der Waals surface area contributed by atoms with Crippen LogP contribution in [-0.4, -0.2) is 15.0 Å². The van der Waals surface area contributed by atoms with Crippen molar-refractivity contribution < 1.29 is 4.42 Å². The zero-order valence-electron chi connectivity index (χ0n) is 12.7. The molecule has 2 aromatic carbocycles. The van der Waals surface area contributed by atoms with E-state index in [4.69, 9.17) is 10.2 Å². The smallest absolute Gasteiger partial charge is 0.193 e. The second-order valence-corrected chi connectivity index (χ2v) is 5.38. The Morgan fingerprint density at radius 3 is 2.71 bits per heavy atom. The van der Waals surface area contributed by atoms with Gasteiger partial charge in [0, 0.05) is 11.6 Å². The summed E-state index contributed by atoms with van der Waals surface area (Å²) in [5, 5.41) is 8.83. The Bertz CT molecular complexity index is 1070. The molecule has 6 nitrogen and oxygen atoms in total. The van der Waals surface area contributed by atoms with Crippen LogP contribution in [0.15, 0.2) is 70.0 Å². The fourth-order valence-electron chi connectivity index (χ4n) is 2.57. The maximum absolute atomic E-state index is 12.2. The minimum atomic E-state index is -0.117. The van der Waals surface area contributed by atoms with E-state index in [1.807, 2.05) is 42.6 Å². The molecular weight excluding hydrogens is 304 g/mol. The fourth-order valence-corrected chi connectivity index (χ4v) is 2.57. The van der Waals surface area contributed by atoms with Gasteiger partial charge in [-0.3, -0.25) is 4.79 Å². The molecule has 24 heavy (non-hydrogen) atoms. The molecule has 2 aromatic heterocycles. The van der Waals surface area contributed by atoms with Crippen LogP contribution in [0.3, 0.4) is 0 Å². The van der Waals surface area contributed by atoms with Crippen molar-refractivity contribution in [2.75, 3.05) is 0 Å². The highest BCUT2D eigenvalue weighted by molar-refractivity contribution is 5.82. The van der Waals surface area contributed by atoms with Crippen molar-refractivity contribution in [3.05, 3.63) is 76.8 Å². The van der Waals surface area contributed by atoms with Gasteiger partial charge in [-0.25, -0.2) is 4.68 Å². The Kier molecular flexibility index (Phi) is 3.44. The molecule has 0 saturated carbocycles. The van der Waals surface area contributed by atoms with Crippen molar-refractivity contribution in [1.82, 2.24) is 15.0 Å². The summed E-state index contributed by atoms with van der Waals surface area (Å²) in [6.07, 6.45) is 1.83. The molecule has 0 aliphatic rings. The van der Waals surface area contributed by atoms with E-state index in [0.29, 0.717) is 22.4 Å². The van der Waals surface area contributed by atoms with E-state index < -0.39 is 0 Å². The van der Waals surface area contributed by atoms with Crippen LogP contribution in [-0.2, 0) is 6.54 Å². The number of nitrogens with two attached hydrogens (primary N) is 1. The monoisotopic (exact) mass is 318 g/mol. The molecule has 0 radical (unpaired) electrons. The first-order valence-corrected chi connectivity index (χ1v) is 7.49. The summed E-state index contributed by atoms with van der Waals surface area (Å²) in [7, 11) is 0. The van der Waals surface area contributed by atoms with Crippen LogP contribution in [0.1, 0.15) is 5.76 Å². The van der Waals surface area contributed by atoms with Crippen molar-refractivity contribution in [3.8, 4) is 16.9 Å². The highest BCUT2D eigenvalue weighted by Crippen LogP contribution is 2.22. The zero-order valence-corrected chi connectivity index (χ0v) is 12.7. The van der Waals surface area contributed by atoms with Gasteiger partial charge in [0.2, 0.25) is 0 Å². The van der Waals surface area contributed by atoms with Gasteiger partial charge in [-0.15, -0.1) is 5.10 Å². The minimum absolute atomic E-state index is 0.117. The van der Waals surface area contributed by atoms with Crippen molar-refractivity contribution in [1.29, 1.82) is 0 Å². The number of aromatic nitrogens is 3. The molecule has 0 aliphatic carbocycles. The van der Waals surface area contributed by atoms with Crippen LogP contribution in [0.2, 0.25) is 0 Å². The summed E-state index contributed by atoms with van der Waals surface area (Å²) in [5.74, 6) is 0.468. The largest absolute Gasteiger partial charge is 0.459 e.